The Hall–Kier alpha value is -3.08. The summed E-state index contributed by atoms with van der Waals surface area (Å²) in [5, 5.41) is 0. The molecule has 3 aromatic rings. The van der Waals surface area contributed by atoms with Crippen molar-refractivity contribution in [2.75, 3.05) is 5.43 Å². The molecular weight excluding hydrogens is 302 g/mol. The monoisotopic (exact) mass is 321 g/mol. The van der Waals surface area contributed by atoms with Gasteiger partial charge < -0.3 is 9.84 Å². The van der Waals surface area contributed by atoms with Crippen molar-refractivity contribution in [2.45, 2.75) is 19.4 Å². The zero-order valence-corrected chi connectivity index (χ0v) is 13.4. The van der Waals surface area contributed by atoms with E-state index in [9.17, 15) is 4.79 Å². The molecule has 24 heavy (non-hydrogen) atoms. The topological polar surface area (TPSA) is 60.1 Å². The fourth-order valence-electron chi connectivity index (χ4n) is 2.64. The lowest BCUT2D eigenvalue weighted by atomic mass is 10.1. The van der Waals surface area contributed by atoms with E-state index < -0.39 is 0 Å². The lowest BCUT2D eigenvalue weighted by Gasteiger charge is -2.16. The van der Waals surface area contributed by atoms with Gasteiger partial charge in [-0.1, -0.05) is 30.4 Å². The molecule has 0 aliphatic heterocycles. The van der Waals surface area contributed by atoms with Gasteiger partial charge in [-0.3, -0.25) is 4.79 Å². The number of nitrogens with one attached hydrogen (secondary N) is 1. The van der Waals surface area contributed by atoms with Crippen LogP contribution in [0.4, 0.5) is 0 Å². The summed E-state index contributed by atoms with van der Waals surface area (Å²) in [4.78, 5) is 16.7. The van der Waals surface area contributed by atoms with Crippen molar-refractivity contribution < 1.29 is 4.42 Å². The van der Waals surface area contributed by atoms with E-state index in [0.717, 1.165) is 22.4 Å². The first kappa shape index (κ1) is 15.8. The van der Waals surface area contributed by atoms with E-state index in [-0.39, 0.29) is 5.56 Å². The summed E-state index contributed by atoms with van der Waals surface area (Å²) in [6.45, 7) is 7.86. The Kier molecular flexibility index (Phi) is 4.61. The second-order valence-corrected chi connectivity index (χ2v) is 5.37. The minimum Gasteiger partial charge on any atom is -0.439 e. The van der Waals surface area contributed by atoms with Crippen LogP contribution in [0.15, 0.2) is 70.9 Å². The SMILES string of the molecule is C=CCc1ccc(=O)n(NCc2nc3ccccc3o2)c1CC=C. The van der Waals surface area contributed by atoms with Gasteiger partial charge in [-0.2, -0.15) is 0 Å². The van der Waals surface area contributed by atoms with Crippen LogP contribution < -0.4 is 11.0 Å². The highest BCUT2D eigenvalue weighted by Gasteiger charge is 2.10. The minimum atomic E-state index is -0.129. The van der Waals surface area contributed by atoms with E-state index in [2.05, 4.69) is 23.6 Å². The van der Waals surface area contributed by atoms with E-state index in [4.69, 9.17) is 4.42 Å². The number of allylic oxidation sites excluding steroid dienone is 2. The summed E-state index contributed by atoms with van der Waals surface area (Å²) < 4.78 is 7.22. The fourth-order valence-corrected chi connectivity index (χ4v) is 2.64. The molecule has 5 heteroatoms. The molecule has 0 atom stereocenters. The number of fused-ring (bicyclic) bond motifs is 1. The van der Waals surface area contributed by atoms with E-state index in [1.807, 2.05) is 36.4 Å². The molecule has 0 aliphatic carbocycles. The smallest absolute Gasteiger partial charge is 0.269 e. The maximum absolute atomic E-state index is 12.3. The highest BCUT2D eigenvalue weighted by molar-refractivity contribution is 5.72. The third-order valence-electron chi connectivity index (χ3n) is 3.72. The van der Waals surface area contributed by atoms with Crippen LogP contribution in [0.25, 0.3) is 11.1 Å². The number of benzene rings is 1. The van der Waals surface area contributed by atoms with Crippen LogP contribution in [0.5, 0.6) is 0 Å². The van der Waals surface area contributed by atoms with Gasteiger partial charge in [-0.25, -0.2) is 9.66 Å². The molecule has 0 saturated carbocycles. The summed E-state index contributed by atoms with van der Waals surface area (Å²) in [7, 11) is 0. The molecule has 0 amide bonds. The zero-order valence-electron chi connectivity index (χ0n) is 13.4. The van der Waals surface area contributed by atoms with Crippen LogP contribution in [0.3, 0.4) is 0 Å². The first-order valence-electron chi connectivity index (χ1n) is 7.77. The van der Waals surface area contributed by atoms with E-state index >= 15 is 0 Å². The van der Waals surface area contributed by atoms with Crippen molar-refractivity contribution in [3.05, 3.63) is 89.2 Å². The molecule has 3 rings (SSSR count). The maximum atomic E-state index is 12.3. The van der Waals surface area contributed by atoms with Gasteiger partial charge in [-0.05, 0) is 24.1 Å². The molecule has 0 saturated heterocycles. The predicted molar refractivity (Wildman–Crippen MR) is 95.6 cm³/mol. The van der Waals surface area contributed by atoms with Crippen LogP contribution >= 0.6 is 0 Å². The summed E-state index contributed by atoms with van der Waals surface area (Å²) in [6, 6.07) is 10.9. The number of aromatic nitrogens is 2. The molecule has 5 nitrogen and oxygen atoms in total. The number of oxazole rings is 1. The first-order chi connectivity index (χ1) is 11.7. The van der Waals surface area contributed by atoms with Crippen molar-refractivity contribution in [2.24, 2.45) is 0 Å². The molecule has 2 heterocycles. The fraction of sp³-hybridized carbons (Fsp3) is 0.158. The number of nitrogens with zero attached hydrogens (tertiary/aromatic N) is 2. The molecule has 2 aromatic heterocycles. The van der Waals surface area contributed by atoms with Gasteiger partial charge in [0.15, 0.2) is 5.58 Å². The summed E-state index contributed by atoms with van der Waals surface area (Å²) in [5.74, 6) is 0.529. The van der Waals surface area contributed by atoms with Crippen molar-refractivity contribution in [1.29, 1.82) is 0 Å². The first-order valence-corrected chi connectivity index (χ1v) is 7.77. The Morgan fingerprint density at radius 3 is 2.67 bits per heavy atom. The van der Waals surface area contributed by atoms with Crippen LogP contribution in [-0.2, 0) is 19.4 Å². The van der Waals surface area contributed by atoms with E-state index in [0.29, 0.717) is 25.3 Å². The van der Waals surface area contributed by atoms with E-state index in [1.165, 1.54) is 4.68 Å². The van der Waals surface area contributed by atoms with Crippen LogP contribution in [0, 0.1) is 0 Å². The van der Waals surface area contributed by atoms with Gasteiger partial charge in [0, 0.05) is 12.5 Å². The molecule has 122 valence electrons. The summed E-state index contributed by atoms with van der Waals surface area (Å²) in [5.41, 5.74) is 6.41. The molecule has 0 aliphatic rings. The Labute approximate surface area is 139 Å². The van der Waals surface area contributed by atoms with Crippen molar-refractivity contribution in [3.8, 4) is 0 Å². The Morgan fingerprint density at radius 1 is 1.12 bits per heavy atom. The molecule has 0 bridgehead atoms. The molecule has 1 N–H and O–H groups in total. The third kappa shape index (κ3) is 3.15. The van der Waals surface area contributed by atoms with Gasteiger partial charge in [-0.15, -0.1) is 13.2 Å². The average Bonchev–Trinajstić information content (AvgIpc) is 3.00. The van der Waals surface area contributed by atoms with Crippen LogP contribution in [0.1, 0.15) is 17.1 Å². The molecule has 0 unspecified atom stereocenters. The largest absolute Gasteiger partial charge is 0.439 e. The molecule has 0 spiro atoms. The highest BCUT2D eigenvalue weighted by Crippen LogP contribution is 2.15. The van der Waals surface area contributed by atoms with Crippen molar-refractivity contribution in [1.82, 2.24) is 9.66 Å². The lowest BCUT2D eigenvalue weighted by molar-refractivity contribution is 0.526. The van der Waals surface area contributed by atoms with Crippen molar-refractivity contribution in [3.63, 3.8) is 0 Å². The Morgan fingerprint density at radius 2 is 1.92 bits per heavy atom. The van der Waals surface area contributed by atoms with Gasteiger partial charge in [0.1, 0.15) is 12.1 Å². The summed E-state index contributed by atoms with van der Waals surface area (Å²) >= 11 is 0. The minimum absolute atomic E-state index is 0.129. The Bertz CT molecular complexity index is 904. The van der Waals surface area contributed by atoms with Gasteiger partial charge in [0.2, 0.25) is 5.89 Å². The second-order valence-electron chi connectivity index (χ2n) is 5.37. The lowest BCUT2D eigenvalue weighted by Crippen LogP contribution is -2.32. The van der Waals surface area contributed by atoms with Gasteiger partial charge >= 0.3 is 0 Å². The number of hydrogen-bond acceptors (Lipinski definition) is 4. The average molecular weight is 321 g/mol. The van der Waals surface area contributed by atoms with Gasteiger partial charge in [0.25, 0.3) is 5.56 Å². The van der Waals surface area contributed by atoms with Crippen LogP contribution in [0.2, 0.25) is 0 Å². The molecular formula is C19H19N3O2. The Balaban J connectivity index is 1.90. The summed E-state index contributed by atoms with van der Waals surface area (Å²) in [6.07, 6.45) is 4.87. The second kappa shape index (κ2) is 7.00. The number of para-hydroxylation sites is 2. The van der Waals surface area contributed by atoms with Crippen LogP contribution in [-0.4, -0.2) is 9.66 Å². The number of pyridine rings is 1. The molecule has 0 radical (unpaired) electrons. The number of hydrogen-bond donors (Lipinski definition) is 1. The predicted octanol–water partition coefficient (Wildman–Crippen LogP) is 3.19. The highest BCUT2D eigenvalue weighted by atomic mass is 16.3. The number of rotatable bonds is 7. The molecule has 0 fully saturated rings. The zero-order chi connectivity index (χ0) is 16.9. The van der Waals surface area contributed by atoms with E-state index in [1.54, 1.807) is 12.1 Å². The normalized spacial score (nSPS) is 10.7. The maximum Gasteiger partial charge on any atom is 0.269 e. The standard InChI is InChI=1S/C19H19N3O2/c1-3-7-14-11-12-19(23)22(16(14)8-4-2)20-13-18-21-15-9-5-6-10-17(15)24-18/h3-6,9-12,20H,1-2,7-8,13H2. The quantitative estimate of drug-likeness (QED) is 0.679. The molecule has 1 aromatic carbocycles. The van der Waals surface area contributed by atoms with Crippen molar-refractivity contribution >= 4 is 11.1 Å². The van der Waals surface area contributed by atoms with Gasteiger partial charge in [0.05, 0.1) is 5.69 Å². The third-order valence-corrected chi connectivity index (χ3v) is 3.72.